The Labute approximate surface area is 117 Å². The van der Waals surface area contributed by atoms with Gasteiger partial charge >= 0.3 is 0 Å². The van der Waals surface area contributed by atoms with Gasteiger partial charge in [-0.05, 0) is 0 Å². The summed E-state index contributed by atoms with van der Waals surface area (Å²) in [6.07, 6.45) is -2.91. The predicted molar refractivity (Wildman–Crippen MR) is 69.7 cm³/mol. The van der Waals surface area contributed by atoms with Crippen molar-refractivity contribution < 1.29 is 24.1 Å². The quantitative estimate of drug-likeness (QED) is 0.803. The molecule has 2 fully saturated rings. The third-order valence-electron chi connectivity index (χ3n) is 3.72. The molecule has 0 radical (unpaired) electrons. The van der Waals surface area contributed by atoms with Gasteiger partial charge in [-0.2, -0.15) is 0 Å². The molecular formula is C14H19NO5. The average Bonchev–Trinajstić information content (AvgIpc) is 2.51. The van der Waals surface area contributed by atoms with E-state index in [0.717, 1.165) is 5.56 Å². The summed E-state index contributed by atoms with van der Waals surface area (Å²) in [7, 11) is 1.47. The molecule has 6 atom stereocenters. The Balaban J connectivity index is 1.74. The fourth-order valence-corrected chi connectivity index (χ4v) is 2.61. The molecule has 20 heavy (non-hydrogen) atoms. The Kier molecular flexibility index (Phi) is 4.02. The van der Waals surface area contributed by atoms with Crippen LogP contribution >= 0.6 is 0 Å². The van der Waals surface area contributed by atoms with Gasteiger partial charge in [0.15, 0.2) is 12.6 Å². The van der Waals surface area contributed by atoms with Gasteiger partial charge in [-0.3, -0.25) is 0 Å². The molecule has 1 aromatic carbocycles. The number of nitrogens with two attached hydrogens (primary N) is 1. The fourth-order valence-electron chi connectivity index (χ4n) is 2.61. The monoisotopic (exact) mass is 281 g/mol. The standard InChI is InChI=1S/C14H19NO5/c1-17-14-11(16)10(15)12-9(19-14)7-18-13(20-12)8-5-3-2-4-6-8/h2-6,9-14,16H,7,15H2,1H3/t9-,10-,11+,12-,13-,14-/m1/s1. The van der Waals surface area contributed by atoms with Crippen LogP contribution in [0.4, 0.5) is 0 Å². The van der Waals surface area contributed by atoms with Gasteiger partial charge < -0.3 is 29.8 Å². The zero-order chi connectivity index (χ0) is 14.1. The van der Waals surface area contributed by atoms with Crippen molar-refractivity contribution in [3.63, 3.8) is 0 Å². The summed E-state index contributed by atoms with van der Waals surface area (Å²) in [5.74, 6) is 0. The zero-order valence-corrected chi connectivity index (χ0v) is 11.2. The zero-order valence-electron chi connectivity index (χ0n) is 11.2. The first-order valence-electron chi connectivity index (χ1n) is 6.64. The molecule has 2 saturated heterocycles. The second-order valence-corrected chi connectivity index (χ2v) is 5.02. The van der Waals surface area contributed by atoms with E-state index in [1.54, 1.807) is 0 Å². The Morgan fingerprint density at radius 3 is 2.70 bits per heavy atom. The Morgan fingerprint density at radius 1 is 1.25 bits per heavy atom. The van der Waals surface area contributed by atoms with Crippen LogP contribution in [-0.2, 0) is 18.9 Å². The van der Waals surface area contributed by atoms with Gasteiger partial charge in [0.1, 0.15) is 18.3 Å². The molecule has 0 saturated carbocycles. The third-order valence-corrected chi connectivity index (χ3v) is 3.72. The molecule has 0 aromatic heterocycles. The van der Waals surface area contributed by atoms with Crippen molar-refractivity contribution in [3.8, 4) is 0 Å². The van der Waals surface area contributed by atoms with E-state index in [1.807, 2.05) is 30.3 Å². The number of methoxy groups -OCH3 is 1. The molecule has 6 nitrogen and oxygen atoms in total. The van der Waals surface area contributed by atoms with Gasteiger partial charge in [0, 0.05) is 12.7 Å². The number of aliphatic hydroxyl groups excluding tert-OH is 1. The largest absolute Gasteiger partial charge is 0.386 e. The van der Waals surface area contributed by atoms with Crippen molar-refractivity contribution in [3.05, 3.63) is 35.9 Å². The van der Waals surface area contributed by atoms with Crippen LogP contribution in [0.2, 0.25) is 0 Å². The van der Waals surface area contributed by atoms with Crippen LogP contribution in [0.1, 0.15) is 11.9 Å². The van der Waals surface area contributed by atoms with Gasteiger partial charge in [0.2, 0.25) is 0 Å². The lowest BCUT2D eigenvalue weighted by molar-refractivity contribution is -0.338. The summed E-state index contributed by atoms with van der Waals surface area (Å²) >= 11 is 0. The molecule has 6 heteroatoms. The number of hydrogen-bond acceptors (Lipinski definition) is 6. The molecule has 0 bridgehead atoms. The topological polar surface area (TPSA) is 83.2 Å². The maximum atomic E-state index is 10.0. The summed E-state index contributed by atoms with van der Waals surface area (Å²) in [5.41, 5.74) is 6.97. The van der Waals surface area contributed by atoms with Crippen LogP contribution in [0.5, 0.6) is 0 Å². The number of aliphatic hydroxyl groups is 1. The molecule has 0 spiro atoms. The van der Waals surface area contributed by atoms with Gasteiger partial charge in [0.25, 0.3) is 0 Å². The van der Waals surface area contributed by atoms with Gasteiger partial charge in [0.05, 0.1) is 12.6 Å². The maximum Gasteiger partial charge on any atom is 0.185 e. The molecule has 2 heterocycles. The van der Waals surface area contributed by atoms with E-state index >= 15 is 0 Å². The van der Waals surface area contributed by atoms with E-state index in [-0.39, 0.29) is 6.10 Å². The Hall–Kier alpha value is -1.02. The third kappa shape index (κ3) is 2.46. The van der Waals surface area contributed by atoms with E-state index in [0.29, 0.717) is 6.61 Å². The molecule has 0 aliphatic carbocycles. The molecule has 2 aliphatic rings. The highest BCUT2D eigenvalue weighted by atomic mass is 16.7. The minimum Gasteiger partial charge on any atom is -0.386 e. The summed E-state index contributed by atoms with van der Waals surface area (Å²) in [6, 6.07) is 9.04. The van der Waals surface area contributed by atoms with Crippen molar-refractivity contribution >= 4 is 0 Å². The van der Waals surface area contributed by atoms with Crippen molar-refractivity contribution in [1.29, 1.82) is 0 Å². The second kappa shape index (κ2) is 5.77. The van der Waals surface area contributed by atoms with E-state index in [1.165, 1.54) is 7.11 Å². The van der Waals surface area contributed by atoms with Crippen molar-refractivity contribution in [2.24, 2.45) is 5.73 Å². The lowest BCUT2D eigenvalue weighted by Gasteiger charge is -2.46. The number of benzene rings is 1. The van der Waals surface area contributed by atoms with Gasteiger partial charge in [-0.25, -0.2) is 0 Å². The van der Waals surface area contributed by atoms with Crippen molar-refractivity contribution in [2.75, 3.05) is 13.7 Å². The van der Waals surface area contributed by atoms with Crippen molar-refractivity contribution in [1.82, 2.24) is 0 Å². The average molecular weight is 281 g/mol. The van der Waals surface area contributed by atoms with E-state index in [9.17, 15) is 5.11 Å². The number of rotatable bonds is 2. The lowest BCUT2D eigenvalue weighted by atomic mass is 9.96. The fraction of sp³-hybridized carbons (Fsp3) is 0.571. The number of fused-ring (bicyclic) bond motifs is 1. The minimum atomic E-state index is -0.921. The summed E-state index contributed by atoms with van der Waals surface area (Å²) in [6.45, 7) is 0.352. The highest BCUT2D eigenvalue weighted by molar-refractivity contribution is 5.16. The number of ether oxygens (including phenoxy) is 4. The summed E-state index contributed by atoms with van der Waals surface area (Å²) in [4.78, 5) is 0. The van der Waals surface area contributed by atoms with Crippen molar-refractivity contribution in [2.45, 2.75) is 36.9 Å². The first-order chi connectivity index (χ1) is 9.70. The molecule has 2 aliphatic heterocycles. The Bertz CT molecular complexity index is 440. The van der Waals surface area contributed by atoms with Crippen LogP contribution in [0.3, 0.4) is 0 Å². The predicted octanol–water partition coefficient (Wildman–Crippen LogP) is 0.160. The van der Waals surface area contributed by atoms with Gasteiger partial charge in [-0.1, -0.05) is 30.3 Å². The van der Waals surface area contributed by atoms with E-state index < -0.39 is 30.8 Å². The second-order valence-electron chi connectivity index (χ2n) is 5.02. The minimum absolute atomic E-state index is 0.335. The molecule has 110 valence electrons. The smallest absolute Gasteiger partial charge is 0.185 e. The molecule has 3 rings (SSSR count). The SMILES string of the molecule is CO[C@@H]1O[C@@H]2CO[C@@H](c3ccccc3)O[C@H]2[C@H](N)[C@@H]1O. The van der Waals surface area contributed by atoms with Crippen LogP contribution in [0, 0.1) is 0 Å². The molecule has 0 unspecified atom stereocenters. The summed E-state index contributed by atoms with van der Waals surface area (Å²) < 4.78 is 22.2. The highest BCUT2D eigenvalue weighted by Gasteiger charge is 2.48. The number of hydrogen-bond donors (Lipinski definition) is 2. The molecule has 1 aromatic rings. The first kappa shape index (κ1) is 13.9. The Morgan fingerprint density at radius 2 is 2.00 bits per heavy atom. The normalized spacial score (nSPS) is 41.1. The maximum absolute atomic E-state index is 10.0. The first-order valence-corrected chi connectivity index (χ1v) is 6.64. The van der Waals surface area contributed by atoms with E-state index in [2.05, 4.69) is 0 Å². The van der Waals surface area contributed by atoms with Gasteiger partial charge in [-0.15, -0.1) is 0 Å². The van der Waals surface area contributed by atoms with Crippen LogP contribution < -0.4 is 5.73 Å². The highest BCUT2D eigenvalue weighted by Crippen LogP contribution is 2.33. The summed E-state index contributed by atoms with van der Waals surface area (Å²) in [5, 5.41) is 10.0. The van der Waals surface area contributed by atoms with Crippen LogP contribution in [0.15, 0.2) is 30.3 Å². The lowest BCUT2D eigenvalue weighted by Crippen LogP contribution is -2.65. The van der Waals surface area contributed by atoms with Crippen LogP contribution in [0.25, 0.3) is 0 Å². The molecule has 0 amide bonds. The van der Waals surface area contributed by atoms with E-state index in [4.69, 9.17) is 24.7 Å². The molecule has 3 N–H and O–H groups in total. The van der Waals surface area contributed by atoms with Crippen LogP contribution in [-0.4, -0.2) is 49.5 Å². The molecular weight excluding hydrogens is 262 g/mol.